The van der Waals surface area contributed by atoms with Crippen molar-refractivity contribution >= 4 is 31.9 Å². The molecule has 1 aromatic carbocycles. The van der Waals surface area contributed by atoms with Crippen molar-refractivity contribution in [3.8, 4) is 0 Å². The van der Waals surface area contributed by atoms with Crippen molar-refractivity contribution in [3.05, 3.63) is 55.4 Å². The topological polar surface area (TPSA) is 39.2 Å². The summed E-state index contributed by atoms with van der Waals surface area (Å²) in [6.07, 6.45) is 0. The zero-order chi connectivity index (χ0) is 13.4. The molecule has 1 atom stereocenters. The van der Waals surface area contributed by atoms with Gasteiger partial charge in [-0.3, -0.25) is 0 Å². The van der Waals surface area contributed by atoms with Crippen molar-refractivity contribution in [2.24, 2.45) is 5.73 Å². The Morgan fingerprint density at radius 1 is 1.00 bits per heavy atom. The zero-order valence-electron chi connectivity index (χ0n) is 10.6. The molecule has 0 saturated carbocycles. The van der Waals surface area contributed by atoms with E-state index in [9.17, 15) is 0 Å². The second-order valence-electron chi connectivity index (χ2n) is 4.47. The van der Waals surface area contributed by atoms with Crippen LogP contribution in [0.4, 0.5) is 0 Å². The predicted octanol–water partition coefficient (Wildman–Crippen LogP) is 4.78. The summed E-state index contributed by atoms with van der Waals surface area (Å²) in [5, 5.41) is 0. The van der Waals surface area contributed by atoms with Gasteiger partial charge in [-0.15, -0.1) is 0 Å². The molecule has 0 radical (unpaired) electrons. The minimum Gasteiger partial charge on any atom is -0.466 e. The summed E-state index contributed by atoms with van der Waals surface area (Å²) >= 11 is 7.12. The molecule has 0 bridgehead atoms. The van der Waals surface area contributed by atoms with Gasteiger partial charge in [0.1, 0.15) is 11.5 Å². The second-order valence-corrected chi connectivity index (χ2v) is 6.18. The number of rotatable bonds is 2. The van der Waals surface area contributed by atoms with Gasteiger partial charge in [0.15, 0.2) is 0 Å². The second kappa shape index (κ2) is 5.19. The standard InChI is InChI=1S/C14H15Br2NO/c1-7-4-13(16)11(6-12(7)15)14(17)10-5-8(2)18-9(10)3/h4-6,14H,17H2,1-3H3. The average Bonchev–Trinajstić information content (AvgIpc) is 2.62. The average molecular weight is 373 g/mol. The lowest BCUT2D eigenvalue weighted by atomic mass is 9.99. The van der Waals surface area contributed by atoms with E-state index in [0.29, 0.717) is 0 Å². The van der Waals surface area contributed by atoms with Crippen molar-refractivity contribution in [2.75, 3.05) is 0 Å². The van der Waals surface area contributed by atoms with E-state index in [4.69, 9.17) is 10.2 Å². The van der Waals surface area contributed by atoms with E-state index >= 15 is 0 Å². The maximum atomic E-state index is 6.34. The summed E-state index contributed by atoms with van der Waals surface area (Å²) in [6.45, 7) is 5.93. The highest BCUT2D eigenvalue weighted by atomic mass is 79.9. The Morgan fingerprint density at radius 3 is 2.22 bits per heavy atom. The number of hydrogen-bond acceptors (Lipinski definition) is 2. The first kappa shape index (κ1) is 13.8. The van der Waals surface area contributed by atoms with Crippen LogP contribution >= 0.6 is 31.9 Å². The fraction of sp³-hybridized carbons (Fsp3) is 0.286. The van der Waals surface area contributed by atoms with Gasteiger partial charge in [-0.1, -0.05) is 31.9 Å². The summed E-state index contributed by atoms with van der Waals surface area (Å²) in [5.74, 6) is 1.77. The number of hydrogen-bond donors (Lipinski definition) is 1. The van der Waals surface area contributed by atoms with Crippen LogP contribution in [0.3, 0.4) is 0 Å². The maximum Gasteiger partial charge on any atom is 0.106 e. The van der Waals surface area contributed by atoms with E-state index < -0.39 is 0 Å². The zero-order valence-corrected chi connectivity index (χ0v) is 13.7. The van der Waals surface area contributed by atoms with E-state index in [1.807, 2.05) is 19.9 Å². The molecule has 0 aliphatic carbocycles. The van der Waals surface area contributed by atoms with E-state index in [0.717, 1.165) is 31.6 Å². The lowest BCUT2D eigenvalue weighted by Crippen LogP contribution is -2.13. The molecule has 0 amide bonds. The van der Waals surface area contributed by atoms with Gasteiger partial charge >= 0.3 is 0 Å². The van der Waals surface area contributed by atoms with Gasteiger partial charge in [-0.05, 0) is 50.1 Å². The molecule has 0 saturated heterocycles. The van der Waals surface area contributed by atoms with E-state index in [1.165, 1.54) is 5.56 Å². The molecule has 0 fully saturated rings. The van der Waals surface area contributed by atoms with E-state index in [2.05, 4.69) is 50.9 Å². The van der Waals surface area contributed by atoms with Gasteiger partial charge in [0, 0.05) is 14.5 Å². The largest absolute Gasteiger partial charge is 0.466 e. The van der Waals surface area contributed by atoms with Crippen LogP contribution in [-0.4, -0.2) is 0 Å². The number of halogens is 2. The fourth-order valence-corrected chi connectivity index (χ4v) is 3.09. The van der Waals surface area contributed by atoms with E-state index in [-0.39, 0.29) is 6.04 Å². The first-order valence-corrected chi connectivity index (χ1v) is 7.26. The summed E-state index contributed by atoms with van der Waals surface area (Å²) in [5.41, 5.74) is 9.60. The fourth-order valence-electron chi connectivity index (χ4n) is 2.03. The van der Waals surface area contributed by atoms with Crippen molar-refractivity contribution in [3.63, 3.8) is 0 Å². The molecule has 0 spiro atoms. The van der Waals surface area contributed by atoms with Crippen molar-refractivity contribution in [1.29, 1.82) is 0 Å². The van der Waals surface area contributed by atoms with Crippen LogP contribution in [0.15, 0.2) is 31.6 Å². The molecule has 96 valence electrons. The summed E-state index contributed by atoms with van der Waals surface area (Å²) in [7, 11) is 0. The molecule has 1 heterocycles. The van der Waals surface area contributed by atoms with Gasteiger partial charge in [-0.25, -0.2) is 0 Å². The summed E-state index contributed by atoms with van der Waals surface area (Å²) in [4.78, 5) is 0. The third kappa shape index (κ3) is 2.56. The summed E-state index contributed by atoms with van der Waals surface area (Å²) < 4.78 is 7.63. The Morgan fingerprint density at radius 2 is 1.67 bits per heavy atom. The molecule has 2 rings (SSSR count). The smallest absolute Gasteiger partial charge is 0.106 e. The lowest BCUT2D eigenvalue weighted by Gasteiger charge is -2.15. The van der Waals surface area contributed by atoms with Crippen molar-refractivity contribution in [2.45, 2.75) is 26.8 Å². The van der Waals surface area contributed by atoms with Crippen LogP contribution in [0.2, 0.25) is 0 Å². The Labute approximate surface area is 124 Å². The molecule has 1 unspecified atom stereocenters. The monoisotopic (exact) mass is 371 g/mol. The molecule has 0 aliphatic rings. The van der Waals surface area contributed by atoms with E-state index in [1.54, 1.807) is 0 Å². The highest BCUT2D eigenvalue weighted by molar-refractivity contribution is 9.11. The molecular weight excluding hydrogens is 358 g/mol. The molecule has 18 heavy (non-hydrogen) atoms. The van der Waals surface area contributed by atoms with Crippen LogP contribution in [0, 0.1) is 20.8 Å². The number of benzene rings is 1. The van der Waals surface area contributed by atoms with Crippen LogP contribution in [0.25, 0.3) is 0 Å². The highest BCUT2D eigenvalue weighted by Gasteiger charge is 2.18. The van der Waals surface area contributed by atoms with Gasteiger partial charge in [0.25, 0.3) is 0 Å². The van der Waals surface area contributed by atoms with Gasteiger partial charge in [0.2, 0.25) is 0 Å². The van der Waals surface area contributed by atoms with Gasteiger partial charge < -0.3 is 10.2 Å². The minimum absolute atomic E-state index is 0.186. The SMILES string of the molecule is Cc1cc(C(N)c2cc(Br)c(C)cc2Br)c(C)o1. The third-order valence-electron chi connectivity index (χ3n) is 3.03. The Hall–Kier alpha value is -0.580. The minimum atomic E-state index is -0.186. The van der Waals surface area contributed by atoms with Crippen LogP contribution in [-0.2, 0) is 0 Å². The number of nitrogens with two attached hydrogens (primary N) is 1. The predicted molar refractivity (Wildman–Crippen MR) is 80.8 cm³/mol. The molecule has 4 heteroatoms. The summed E-state index contributed by atoms with van der Waals surface area (Å²) in [6, 6.07) is 5.95. The van der Waals surface area contributed by atoms with Gasteiger partial charge in [-0.2, -0.15) is 0 Å². The molecule has 0 aliphatic heterocycles. The van der Waals surface area contributed by atoms with Crippen LogP contribution < -0.4 is 5.73 Å². The number of aryl methyl sites for hydroxylation is 3. The molecule has 1 aromatic heterocycles. The van der Waals surface area contributed by atoms with Crippen LogP contribution in [0.1, 0.15) is 34.3 Å². The third-order valence-corrected chi connectivity index (χ3v) is 4.57. The van der Waals surface area contributed by atoms with Crippen molar-refractivity contribution in [1.82, 2.24) is 0 Å². The molecule has 2 aromatic rings. The lowest BCUT2D eigenvalue weighted by molar-refractivity contribution is 0.499. The Kier molecular flexibility index (Phi) is 3.99. The first-order valence-electron chi connectivity index (χ1n) is 5.68. The van der Waals surface area contributed by atoms with Crippen LogP contribution in [0.5, 0.6) is 0 Å². The number of furan rings is 1. The first-order chi connectivity index (χ1) is 8.40. The van der Waals surface area contributed by atoms with Crippen molar-refractivity contribution < 1.29 is 4.42 Å². The normalized spacial score (nSPS) is 12.8. The molecule has 2 nitrogen and oxygen atoms in total. The highest BCUT2D eigenvalue weighted by Crippen LogP contribution is 2.33. The molecule has 2 N–H and O–H groups in total. The quantitative estimate of drug-likeness (QED) is 0.823. The Bertz CT molecular complexity index is 590. The van der Waals surface area contributed by atoms with Gasteiger partial charge in [0.05, 0.1) is 6.04 Å². The molecular formula is C14H15Br2NO. The Balaban J connectivity index is 2.49. The maximum absolute atomic E-state index is 6.34.